The normalized spacial score (nSPS) is 12.4. The Morgan fingerprint density at radius 2 is 1.57 bits per heavy atom. The fourth-order valence-electron chi connectivity index (χ4n) is 3.54. The van der Waals surface area contributed by atoms with Crippen LogP contribution < -0.4 is 5.32 Å². The van der Waals surface area contributed by atoms with Gasteiger partial charge in [0, 0.05) is 35.8 Å². The van der Waals surface area contributed by atoms with Crippen LogP contribution in [0.4, 0.5) is 4.39 Å². The third-order valence-corrected chi connectivity index (χ3v) is 5.01. The summed E-state index contributed by atoms with van der Waals surface area (Å²) in [4.78, 5) is 0. The Hall–Kier alpha value is -2.95. The smallest absolute Gasteiger partial charge is 0.128 e. The summed E-state index contributed by atoms with van der Waals surface area (Å²) in [7, 11) is 0. The van der Waals surface area contributed by atoms with Gasteiger partial charge in [-0.15, -0.1) is 0 Å². The molecule has 0 aliphatic carbocycles. The Kier molecular flexibility index (Phi) is 5.51. The molecule has 0 fully saturated rings. The highest BCUT2D eigenvalue weighted by atomic mass is 19.1. The van der Waals surface area contributed by atoms with E-state index in [0.717, 1.165) is 22.0 Å². The van der Waals surface area contributed by atoms with Crippen molar-refractivity contribution in [1.29, 1.82) is 0 Å². The lowest BCUT2D eigenvalue weighted by molar-refractivity contribution is 0.174. The Bertz CT molecular complexity index is 1060. The third-order valence-electron chi connectivity index (χ3n) is 5.01. The number of rotatable bonds is 7. The molecule has 0 aliphatic heterocycles. The van der Waals surface area contributed by atoms with Gasteiger partial charge in [0.2, 0.25) is 0 Å². The predicted molar refractivity (Wildman–Crippen MR) is 111 cm³/mol. The van der Waals surface area contributed by atoms with Crippen molar-refractivity contribution in [2.75, 3.05) is 6.54 Å². The minimum atomic E-state index is -0.548. The Labute approximate surface area is 164 Å². The average molecular weight is 374 g/mol. The van der Waals surface area contributed by atoms with Crippen molar-refractivity contribution >= 4 is 10.9 Å². The molecule has 0 bridgehead atoms. The van der Waals surface area contributed by atoms with E-state index in [2.05, 4.69) is 28.2 Å². The molecule has 142 valence electrons. The standard InChI is InChI=1S/C24H23FN2O/c25-22-12-6-4-10-19(22)16-27-17-20(21-11-5-7-13-23(21)27)14-26-15-24(28)18-8-2-1-3-9-18/h1-13,17,24,26,28H,14-16H2/t24-/m1/s1. The Morgan fingerprint density at radius 3 is 2.39 bits per heavy atom. The van der Waals surface area contributed by atoms with Crippen molar-refractivity contribution in [2.24, 2.45) is 0 Å². The highest BCUT2D eigenvalue weighted by molar-refractivity contribution is 5.84. The van der Waals surface area contributed by atoms with Gasteiger partial charge in [0.15, 0.2) is 0 Å². The van der Waals surface area contributed by atoms with Crippen LogP contribution in [0.5, 0.6) is 0 Å². The van der Waals surface area contributed by atoms with Crippen molar-refractivity contribution in [3.05, 3.63) is 108 Å². The van der Waals surface area contributed by atoms with Crippen LogP contribution >= 0.6 is 0 Å². The number of aromatic nitrogens is 1. The van der Waals surface area contributed by atoms with E-state index in [9.17, 15) is 9.50 Å². The minimum Gasteiger partial charge on any atom is -0.387 e. The molecule has 4 rings (SSSR count). The first kappa shape index (κ1) is 18.4. The number of nitrogens with one attached hydrogen (secondary N) is 1. The van der Waals surface area contributed by atoms with Gasteiger partial charge in [-0.3, -0.25) is 0 Å². The van der Waals surface area contributed by atoms with Crippen LogP contribution in [0.1, 0.15) is 22.8 Å². The van der Waals surface area contributed by atoms with Crippen molar-refractivity contribution < 1.29 is 9.50 Å². The van der Waals surface area contributed by atoms with E-state index in [0.29, 0.717) is 25.2 Å². The van der Waals surface area contributed by atoms with Gasteiger partial charge in [-0.25, -0.2) is 4.39 Å². The topological polar surface area (TPSA) is 37.2 Å². The average Bonchev–Trinajstić information content (AvgIpc) is 3.08. The van der Waals surface area contributed by atoms with Gasteiger partial charge >= 0.3 is 0 Å². The van der Waals surface area contributed by atoms with Gasteiger partial charge in [-0.2, -0.15) is 0 Å². The highest BCUT2D eigenvalue weighted by Gasteiger charge is 2.11. The zero-order valence-electron chi connectivity index (χ0n) is 15.6. The maximum absolute atomic E-state index is 14.1. The molecule has 0 unspecified atom stereocenters. The summed E-state index contributed by atoms with van der Waals surface area (Å²) < 4.78 is 16.2. The van der Waals surface area contributed by atoms with Gasteiger partial charge in [0.1, 0.15) is 5.82 Å². The predicted octanol–water partition coefficient (Wildman–Crippen LogP) is 4.65. The van der Waals surface area contributed by atoms with Crippen LogP contribution in [0, 0.1) is 5.82 Å². The van der Waals surface area contributed by atoms with E-state index in [1.165, 1.54) is 6.07 Å². The molecule has 0 saturated heterocycles. The molecule has 0 saturated carbocycles. The van der Waals surface area contributed by atoms with E-state index >= 15 is 0 Å². The number of nitrogens with zero attached hydrogens (tertiary/aromatic N) is 1. The fraction of sp³-hybridized carbons (Fsp3) is 0.167. The van der Waals surface area contributed by atoms with Crippen molar-refractivity contribution in [1.82, 2.24) is 9.88 Å². The molecule has 3 nitrogen and oxygen atoms in total. The second-order valence-corrected chi connectivity index (χ2v) is 6.95. The van der Waals surface area contributed by atoms with E-state index in [-0.39, 0.29) is 5.82 Å². The molecule has 4 aromatic rings. The zero-order chi connectivity index (χ0) is 19.3. The summed E-state index contributed by atoms with van der Waals surface area (Å²) in [6, 6.07) is 24.7. The van der Waals surface area contributed by atoms with Gasteiger partial charge in [0.25, 0.3) is 0 Å². The zero-order valence-corrected chi connectivity index (χ0v) is 15.6. The lowest BCUT2D eigenvalue weighted by atomic mass is 10.1. The van der Waals surface area contributed by atoms with E-state index < -0.39 is 6.10 Å². The van der Waals surface area contributed by atoms with Crippen molar-refractivity contribution in [2.45, 2.75) is 19.2 Å². The second-order valence-electron chi connectivity index (χ2n) is 6.95. The molecule has 4 heteroatoms. The number of hydrogen-bond acceptors (Lipinski definition) is 2. The monoisotopic (exact) mass is 374 g/mol. The van der Waals surface area contributed by atoms with Crippen molar-refractivity contribution in [3.63, 3.8) is 0 Å². The maximum Gasteiger partial charge on any atom is 0.128 e. The van der Waals surface area contributed by atoms with E-state index in [4.69, 9.17) is 0 Å². The number of hydrogen-bond donors (Lipinski definition) is 2. The van der Waals surface area contributed by atoms with E-state index in [1.807, 2.05) is 54.6 Å². The molecule has 0 radical (unpaired) electrons. The first-order chi connectivity index (χ1) is 13.7. The van der Waals surface area contributed by atoms with Crippen LogP contribution in [0.2, 0.25) is 0 Å². The van der Waals surface area contributed by atoms with Crippen LogP contribution in [-0.2, 0) is 13.1 Å². The summed E-state index contributed by atoms with van der Waals surface area (Å²) in [5.74, 6) is -0.189. The molecule has 0 amide bonds. The molecular formula is C24H23FN2O. The van der Waals surface area contributed by atoms with Gasteiger partial charge < -0.3 is 15.0 Å². The van der Waals surface area contributed by atoms with Gasteiger partial charge in [-0.05, 0) is 23.3 Å². The Morgan fingerprint density at radius 1 is 0.857 bits per heavy atom. The number of benzene rings is 3. The first-order valence-electron chi connectivity index (χ1n) is 9.46. The number of aliphatic hydroxyl groups excluding tert-OH is 1. The molecule has 2 N–H and O–H groups in total. The number of para-hydroxylation sites is 1. The SMILES string of the molecule is O[C@H](CNCc1cn(Cc2ccccc2F)c2ccccc12)c1ccccc1. The number of aliphatic hydroxyl groups is 1. The molecule has 1 heterocycles. The summed E-state index contributed by atoms with van der Waals surface area (Å²) in [6.07, 6.45) is 1.52. The van der Waals surface area contributed by atoms with Crippen LogP contribution in [-0.4, -0.2) is 16.2 Å². The van der Waals surface area contributed by atoms with E-state index in [1.54, 1.807) is 6.07 Å². The number of halogens is 1. The molecule has 1 aromatic heterocycles. The quantitative estimate of drug-likeness (QED) is 0.494. The second kappa shape index (κ2) is 8.38. The third kappa shape index (κ3) is 3.98. The molecule has 0 aliphatic rings. The summed E-state index contributed by atoms with van der Waals surface area (Å²) in [5, 5.41) is 14.8. The fourth-order valence-corrected chi connectivity index (χ4v) is 3.54. The van der Waals surface area contributed by atoms with Crippen LogP contribution in [0.15, 0.2) is 85.1 Å². The first-order valence-corrected chi connectivity index (χ1v) is 9.46. The molecule has 0 spiro atoms. The molecule has 3 aromatic carbocycles. The van der Waals surface area contributed by atoms with Gasteiger partial charge in [0.05, 0.1) is 12.6 Å². The van der Waals surface area contributed by atoms with Crippen LogP contribution in [0.3, 0.4) is 0 Å². The molecule has 1 atom stereocenters. The molecule has 28 heavy (non-hydrogen) atoms. The summed E-state index contributed by atoms with van der Waals surface area (Å²) >= 11 is 0. The largest absolute Gasteiger partial charge is 0.387 e. The lowest BCUT2D eigenvalue weighted by Crippen LogP contribution is -2.20. The highest BCUT2D eigenvalue weighted by Crippen LogP contribution is 2.23. The van der Waals surface area contributed by atoms with Gasteiger partial charge in [-0.1, -0.05) is 66.7 Å². The van der Waals surface area contributed by atoms with Crippen LogP contribution in [0.25, 0.3) is 10.9 Å². The Balaban J connectivity index is 1.51. The van der Waals surface area contributed by atoms with Crippen molar-refractivity contribution in [3.8, 4) is 0 Å². The lowest BCUT2D eigenvalue weighted by Gasteiger charge is -2.11. The summed E-state index contributed by atoms with van der Waals surface area (Å²) in [6.45, 7) is 1.59. The maximum atomic E-state index is 14.1. The number of fused-ring (bicyclic) bond motifs is 1. The minimum absolute atomic E-state index is 0.189. The molecular weight excluding hydrogens is 351 g/mol. The summed E-state index contributed by atoms with van der Waals surface area (Å²) in [5.41, 5.74) is 3.78.